The lowest BCUT2D eigenvalue weighted by molar-refractivity contribution is 0.0789. The molecule has 3 aliphatic carbocycles. The molecular weight excluding hydrogens is 470 g/mol. The van der Waals surface area contributed by atoms with E-state index in [0.29, 0.717) is 35.3 Å². The van der Waals surface area contributed by atoms with Gasteiger partial charge < -0.3 is 19.9 Å². The van der Waals surface area contributed by atoms with Crippen LogP contribution in [0.2, 0.25) is 0 Å². The molecule has 192 valence electrons. The van der Waals surface area contributed by atoms with Gasteiger partial charge in [-0.3, -0.25) is 4.79 Å². The highest BCUT2D eigenvalue weighted by atomic mass is 35.5. The first kappa shape index (κ1) is 26.2. The lowest BCUT2D eigenvalue weighted by atomic mass is 9.69. The molecule has 0 aromatic carbocycles. The largest absolute Gasteiger partial charge is 0.474 e. The summed E-state index contributed by atoms with van der Waals surface area (Å²) >= 11 is 1.76. The Balaban J connectivity index is 0.00000274. The summed E-state index contributed by atoms with van der Waals surface area (Å²) in [6.45, 7) is 9.84. The van der Waals surface area contributed by atoms with Gasteiger partial charge >= 0.3 is 0 Å². The summed E-state index contributed by atoms with van der Waals surface area (Å²) < 4.78 is 11.9. The maximum absolute atomic E-state index is 13.5. The molecule has 3 saturated carbocycles. The molecule has 0 spiro atoms. The van der Waals surface area contributed by atoms with Gasteiger partial charge in [0, 0.05) is 11.3 Å². The zero-order chi connectivity index (χ0) is 23.1. The van der Waals surface area contributed by atoms with Gasteiger partial charge in [0.2, 0.25) is 5.76 Å². The molecule has 1 aromatic heterocycles. The van der Waals surface area contributed by atoms with Crippen molar-refractivity contribution in [1.82, 2.24) is 15.8 Å². The number of hydrogen-bond donors (Lipinski definition) is 2. The minimum absolute atomic E-state index is 0. The molecule has 0 radical (unpaired) electrons. The third kappa shape index (κ3) is 4.86. The molecular formula is C26H42ClN3O3S. The monoisotopic (exact) mass is 511 g/mol. The molecule has 4 aliphatic rings. The van der Waals surface area contributed by atoms with E-state index in [4.69, 9.17) is 9.26 Å². The summed E-state index contributed by atoms with van der Waals surface area (Å²) in [4.78, 5) is 14.3. The van der Waals surface area contributed by atoms with Gasteiger partial charge in [-0.25, -0.2) is 0 Å². The van der Waals surface area contributed by atoms with Crippen molar-refractivity contribution in [3.63, 3.8) is 0 Å². The van der Waals surface area contributed by atoms with E-state index in [1.807, 2.05) is 0 Å². The smallest absolute Gasteiger partial charge is 0.291 e. The number of ether oxygens (including phenoxy) is 1. The lowest BCUT2D eigenvalue weighted by Gasteiger charge is -2.39. The van der Waals surface area contributed by atoms with Crippen molar-refractivity contribution in [2.45, 2.75) is 101 Å². The van der Waals surface area contributed by atoms with Crippen LogP contribution in [0.1, 0.15) is 95.5 Å². The minimum Gasteiger partial charge on any atom is -0.474 e. The molecule has 2 heterocycles. The van der Waals surface area contributed by atoms with Crippen molar-refractivity contribution in [2.24, 2.45) is 22.7 Å². The summed E-state index contributed by atoms with van der Waals surface area (Å²) in [5, 5.41) is 11.5. The maximum atomic E-state index is 13.5. The Morgan fingerprint density at radius 2 is 1.88 bits per heavy atom. The zero-order valence-electron chi connectivity index (χ0n) is 21.0. The van der Waals surface area contributed by atoms with Gasteiger partial charge in [0.05, 0.1) is 6.61 Å². The molecule has 1 amide bonds. The van der Waals surface area contributed by atoms with Gasteiger partial charge in [-0.15, -0.1) is 24.2 Å². The predicted molar refractivity (Wildman–Crippen MR) is 138 cm³/mol. The molecule has 6 nitrogen and oxygen atoms in total. The number of carbonyl (C=O) groups is 1. The number of rotatable bonds is 7. The van der Waals surface area contributed by atoms with E-state index in [1.54, 1.807) is 11.8 Å². The molecule has 1 aromatic rings. The fourth-order valence-electron chi connectivity index (χ4n) is 6.85. The van der Waals surface area contributed by atoms with Crippen molar-refractivity contribution >= 4 is 30.1 Å². The van der Waals surface area contributed by atoms with E-state index in [-0.39, 0.29) is 35.2 Å². The number of carbonyl (C=O) groups excluding carboxylic acids is 1. The van der Waals surface area contributed by atoms with E-state index >= 15 is 0 Å². The number of hydrogen-bond acceptors (Lipinski definition) is 6. The van der Waals surface area contributed by atoms with Crippen LogP contribution < -0.4 is 15.4 Å². The standard InChI is InChI=1S/C26H41N3O3S.ClH/c1-25(2)18-9-12-26(25,3)20(15-18)28-23(30)21-22(33-19-7-5-4-6-8-19)24(29-32-21)31-16-17-10-13-27-14-11-17;/h17-20,27H,4-16H2,1-3H3,(H,28,30);1H/t18-,20-,26+;/m1./s1. The average molecular weight is 512 g/mol. The average Bonchev–Trinajstić information content (AvgIpc) is 3.38. The third-order valence-corrected chi connectivity index (χ3v) is 11.1. The third-order valence-electron chi connectivity index (χ3n) is 9.68. The molecule has 8 heteroatoms. The highest BCUT2D eigenvalue weighted by Gasteiger charge is 2.61. The molecule has 4 fully saturated rings. The SMILES string of the molecule is CC1(C)[C@@H]2CC[C@@]1(C)[C@H](NC(=O)c1onc(OCC3CCNCC3)c1SC1CCCCC1)C2.Cl. The Morgan fingerprint density at radius 3 is 2.53 bits per heavy atom. The maximum Gasteiger partial charge on any atom is 0.291 e. The van der Waals surface area contributed by atoms with Crippen LogP contribution in [0.25, 0.3) is 0 Å². The first-order valence-electron chi connectivity index (χ1n) is 13.2. The van der Waals surface area contributed by atoms with Gasteiger partial charge in [0.25, 0.3) is 11.8 Å². The Hall–Kier alpha value is -0.920. The summed E-state index contributed by atoms with van der Waals surface area (Å²) in [6, 6.07) is 0.190. The second kappa shape index (κ2) is 10.6. The van der Waals surface area contributed by atoms with Crippen LogP contribution in [0.3, 0.4) is 0 Å². The second-order valence-corrected chi connectivity index (χ2v) is 13.0. The molecule has 2 bridgehead atoms. The highest BCUT2D eigenvalue weighted by molar-refractivity contribution is 8.00. The first-order valence-corrected chi connectivity index (χ1v) is 14.1. The molecule has 0 unspecified atom stereocenters. The fourth-order valence-corrected chi connectivity index (χ4v) is 8.18. The van der Waals surface area contributed by atoms with Crippen LogP contribution in [0.4, 0.5) is 0 Å². The molecule has 3 atom stereocenters. The zero-order valence-corrected chi connectivity index (χ0v) is 22.6. The van der Waals surface area contributed by atoms with E-state index in [0.717, 1.165) is 37.2 Å². The van der Waals surface area contributed by atoms with Crippen LogP contribution in [-0.4, -0.2) is 42.1 Å². The van der Waals surface area contributed by atoms with Crippen LogP contribution in [-0.2, 0) is 0 Å². The van der Waals surface area contributed by atoms with Crippen molar-refractivity contribution < 1.29 is 14.1 Å². The number of thioether (sulfide) groups is 1. The molecule has 2 N–H and O–H groups in total. The predicted octanol–water partition coefficient (Wildman–Crippen LogP) is 5.84. The molecule has 5 rings (SSSR count). The van der Waals surface area contributed by atoms with Crippen LogP contribution >= 0.6 is 24.2 Å². The Kier molecular flexibility index (Phi) is 8.15. The van der Waals surface area contributed by atoms with Crippen molar-refractivity contribution in [2.75, 3.05) is 19.7 Å². The second-order valence-electron chi connectivity index (χ2n) is 11.7. The van der Waals surface area contributed by atoms with Crippen molar-refractivity contribution in [1.29, 1.82) is 0 Å². The van der Waals surface area contributed by atoms with Crippen molar-refractivity contribution in [3.8, 4) is 5.88 Å². The number of aromatic nitrogens is 1. The van der Waals surface area contributed by atoms with E-state index in [1.165, 1.54) is 44.9 Å². The normalized spacial score (nSPS) is 31.3. The van der Waals surface area contributed by atoms with Gasteiger partial charge in [0.15, 0.2) is 0 Å². The van der Waals surface area contributed by atoms with Gasteiger partial charge in [-0.1, -0.05) is 40.0 Å². The van der Waals surface area contributed by atoms with Crippen LogP contribution in [0, 0.1) is 22.7 Å². The van der Waals surface area contributed by atoms with E-state index in [2.05, 4.69) is 36.6 Å². The van der Waals surface area contributed by atoms with Gasteiger partial charge in [-0.2, -0.15) is 0 Å². The van der Waals surface area contributed by atoms with Gasteiger partial charge in [0.1, 0.15) is 4.90 Å². The number of piperidine rings is 1. The van der Waals surface area contributed by atoms with Crippen LogP contribution in [0.5, 0.6) is 5.88 Å². The highest BCUT2D eigenvalue weighted by Crippen LogP contribution is 2.65. The first-order chi connectivity index (χ1) is 15.9. The van der Waals surface area contributed by atoms with Crippen LogP contribution in [0.15, 0.2) is 9.42 Å². The quantitative estimate of drug-likeness (QED) is 0.478. The summed E-state index contributed by atoms with van der Waals surface area (Å²) in [5.41, 5.74) is 0.396. The number of halogens is 1. The fraction of sp³-hybridized carbons (Fsp3) is 0.846. The van der Waals surface area contributed by atoms with Gasteiger partial charge in [-0.05, 0) is 85.9 Å². The number of fused-ring (bicyclic) bond motifs is 2. The number of amides is 1. The summed E-state index contributed by atoms with van der Waals surface area (Å²) in [5.74, 6) is 1.97. The summed E-state index contributed by atoms with van der Waals surface area (Å²) in [7, 11) is 0. The topological polar surface area (TPSA) is 76.4 Å². The Morgan fingerprint density at radius 1 is 1.15 bits per heavy atom. The molecule has 1 aliphatic heterocycles. The molecule has 34 heavy (non-hydrogen) atoms. The van der Waals surface area contributed by atoms with E-state index < -0.39 is 0 Å². The Labute approximate surface area is 214 Å². The number of nitrogens with one attached hydrogen (secondary N) is 2. The lowest BCUT2D eigenvalue weighted by Crippen LogP contribution is -2.46. The van der Waals surface area contributed by atoms with E-state index in [9.17, 15) is 4.79 Å². The number of nitrogens with zero attached hydrogens (tertiary/aromatic N) is 1. The van der Waals surface area contributed by atoms with Crippen molar-refractivity contribution in [3.05, 3.63) is 5.76 Å². The molecule has 1 saturated heterocycles. The summed E-state index contributed by atoms with van der Waals surface area (Å²) in [6.07, 6.45) is 11.9. The Bertz CT molecular complexity index is 850. The minimum atomic E-state index is -0.118.